The van der Waals surface area contributed by atoms with E-state index in [1.54, 1.807) is 0 Å². The number of rotatable bonds is 34. The number of hydrogen-bond acceptors (Lipinski definition) is 17. The molecule has 1 fully saturated rings. The molecule has 0 aromatic heterocycles. The van der Waals surface area contributed by atoms with Crippen LogP contribution in [0.3, 0.4) is 0 Å². The molecular formula is C42H76N16O12. The number of aliphatic carboxylic acids is 1. The van der Waals surface area contributed by atoms with Gasteiger partial charge in [-0.3, -0.25) is 43.8 Å². The zero-order valence-electron chi connectivity index (χ0n) is 40.1. The van der Waals surface area contributed by atoms with Gasteiger partial charge < -0.3 is 91.5 Å². The van der Waals surface area contributed by atoms with Gasteiger partial charge in [0.15, 0.2) is 5.96 Å². The van der Waals surface area contributed by atoms with Crippen LogP contribution in [-0.4, -0.2) is 182 Å². The van der Waals surface area contributed by atoms with Crippen LogP contribution in [0.5, 0.6) is 0 Å². The number of unbranched alkanes of at least 4 members (excludes halogenated alkanes) is 2. The zero-order chi connectivity index (χ0) is 52.8. The third kappa shape index (κ3) is 23.0. The maximum absolute atomic E-state index is 14.0. The van der Waals surface area contributed by atoms with Crippen molar-refractivity contribution in [1.29, 1.82) is 5.41 Å². The molecule has 70 heavy (non-hydrogen) atoms. The van der Waals surface area contributed by atoms with Gasteiger partial charge in [-0.05, 0) is 97.2 Å². The van der Waals surface area contributed by atoms with Crippen molar-refractivity contribution >= 4 is 64.9 Å². The molecule has 28 nitrogen and oxygen atoms in total. The second-order valence-electron chi connectivity index (χ2n) is 16.4. The van der Waals surface area contributed by atoms with E-state index in [0.29, 0.717) is 38.6 Å². The normalized spacial score (nSPS) is 16.3. The number of carboxylic acids is 1. The second-order valence-corrected chi connectivity index (χ2v) is 16.4. The van der Waals surface area contributed by atoms with Crippen LogP contribution >= 0.6 is 0 Å². The number of carbonyl (C=O) groups is 9. The van der Waals surface area contributed by atoms with E-state index >= 15 is 0 Å². The zero-order valence-corrected chi connectivity index (χ0v) is 40.1. The Morgan fingerprint density at radius 1 is 0.814 bits per heavy atom. The summed E-state index contributed by atoms with van der Waals surface area (Å²) in [6.07, 6.45) is 2.67. The van der Waals surface area contributed by atoms with Crippen LogP contribution in [0, 0.1) is 5.41 Å². The van der Waals surface area contributed by atoms with E-state index in [-0.39, 0.29) is 89.4 Å². The topological polar surface area (TPSA) is 483 Å². The smallest absolute Gasteiger partial charge is 0.352 e. The van der Waals surface area contributed by atoms with Crippen molar-refractivity contribution in [3.05, 3.63) is 11.8 Å². The number of aliphatic hydroxyl groups excluding tert-OH is 1. The molecule has 1 rings (SSSR count). The summed E-state index contributed by atoms with van der Waals surface area (Å²) < 4.78 is 5.16. The third-order valence-corrected chi connectivity index (χ3v) is 10.7. The SMILES string of the molecule is COCC[C@H](NC(=O)[C@@H]1CCCN1C(=O)/C(CCCN)=N/C(=O)CNC(=O)[C@H](C)NC(=O)[C@@H](NC(=O)[C@@H](N)CCCCN)[C@@H](O)CN)C(=O)N[C@@H](CCCCN)C(=O)N/C(=C\CCNC(=N)N)C(=O)O. The minimum Gasteiger partial charge on any atom is -0.477 e. The van der Waals surface area contributed by atoms with E-state index < -0.39 is 114 Å². The van der Waals surface area contributed by atoms with E-state index in [1.165, 1.54) is 25.0 Å². The summed E-state index contributed by atoms with van der Waals surface area (Å²) in [5.41, 5.74) is 32.8. The van der Waals surface area contributed by atoms with E-state index in [4.69, 9.17) is 44.5 Å². The first-order chi connectivity index (χ1) is 33.3. The summed E-state index contributed by atoms with van der Waals surface area (Å²) in [5, 5.41) is 44.4. The molecule has 0 aromatic rings. The highest BCUT2D eigenvalue weighted by Crippen LogP contribution is 2.20. The predicted molar refractivity (Wildman–Crippen MR) is 256 cm³/mol. The number of methoxy groups -OCH3 is 1. The average Bonchev–Trinajstić information content (AvgIpc) is 3.82. The molecule has 28 heteroatoms. The van der Waals surface area contributed by atoms with Crippen LogP contribution in [0.15, 0.2) is 16.8 Å². The molecule has 1 aliphatic heterocycles. The molecular weight excluding hydrogens is 921 g/mol. The number of carboxylic acid groups (broad SMARTS) is 1. The van der Waals surface area contributed by atoms with Gasteiger partial charge in [0.1, 0.15) is 41.6 Å². The minimum atomic E-state index is -1.57. The molecule has 0 aromatic carbocycles. The fourth-order valence-corrected chi connectivity index (χ4v) is 6.82. The lowest BCUT2D eigenvalue weighted by molar-refractivity contribution is -0.137. The highest BCUT2D eigenvalue weighted by Gasteiger charge is 2.38. The largest absolute Gasteiger partial charge is 0.477 e. The molecule has 1 heterocycles. The summed E-state index contributed by atoms with van der Waals surface area (Å²) in [4.78, 5) is 124. The van der Waals surface area contributed by atoms with Crippen molar-refractivity contribution < 1.29 is 58.1 Å². The lowest BCUT2D eigenvalue weighted by atomic mass is 10.1. The van der Waals surface area contributed by atoms with Crippen LogP contribution in [-0.2, 0) is 47.9 Å². The number of carbonyl (C=O) groups excluding carboxylic acids is 8. The lowest BCUT2D eigenvalue weighted by Crippen LogP contribution is -2.60. The molecule has 0 unspecified atom stereocenters. The van der Waals surface area contributed by atoms with Gasteiger partial charge in [0.25, 0.3) is 11.8 Å². The van der Waals surface area contributed by atoms with Crippen molar-refractivity contribution in [3.8, 4) is 0 Å². The molecule has 7 atom stereocenters. The number of amides is 8. The number of likely N-dealkylation sites (tertiary alicyclic amines) is 1. The summed E-state index contributed by atoms with van der Waals surface area (Å²) in [6, 6.07) is -7.57. The highest BCUT2D eigenvalue weighted by atomic mass is 16.5. The molecule has 0 radical (unpaired) electrons. The van der Waals surface area contributed by atoms with Gasteiger partial charge in [0.05, 0.1) is 18.7 Å². The Labute approximate surface area is 406 Å². The Balaban J connectivity index is 3.17. The Bertz CT molecular complexity index is 1840. The molecule has 0 bridgehead atoms. The molecule has 22 N–H and O–H groups in total. The Morgan fingerprint density at radius 3 is 2.06 bits per heavy atom. The van der Waals surface area contributed by atoms with Crippen LogP contribution in [0.2, 0.25) is 0 Å². The van der Waals surface area contributed by atoms with Gasteiger partial charge in [-0.1, -0.05) is 12.5 Å². The van der Waals surface area contributed by atoms with Gasteiger partial charge in [0, 0.05) is 33.4 Å². The minimum absolute atomic E-state index is 0.0167. The maximum atomic E-state index is 14.0. The number of hydrogen-bond donors (Lipinski definition) is 16. The maximum Gasteiger partial charge on any atom is 0.352 e. The van der Waals surface area contributed by atoms with E-state index in [1.807, 2.05) is 0 Å². The van der Waals surface area contributed by atoms with Gasteiger partial charge in [-0.25, -0.2) is 9.79 Å². The van der Waals surface area contributed by atoms with Crippen LogP contribution in [0.25, 0.3) is 0 Å². The van der Waals surface area contributed by atoms with Gasteiger partial charge >= 0.3 is 5.97 Å². The Morgan fingerprint density at radius 2 is 1.46 bits per heavy atom. The van der Waals surface area contributed by atoms with Crippen molar-refractivity contribution in [2.45, 2.75) is 126 Å². The number of aliphatic imine (C=N–C) groups is 1. The van der Waals surface area contributed by atoms with E-state index in [2.05, 4.69) is 42.2 Å². The summed E-state index contributed by atoms with van der Waals surface area (Å²) >= 11 is 0. The second kappa shape index (κ2) is 34.2. The monoisotopic (exact) mass is 997 g/mol. The quantitative estimate of drug-likeness (QED) is 0.0123. The third-order valence-electron chi connectivity index (χ3n) is 10.7. The van der Waals surface area contributed by atoms with Crippen LogP contribution < -0.4 is 71.6 Å². The van der Waals surface area contributed by atoms with Crippen molar-refractivity contribution in [3.63, 3.8) is 0 Å². The average molecular weight is 997 g/mol. The van der Waals surface area contributed by atoms with Crippen LogP contribution in [0.1, 0.15) is 84.0 Å². The number of guanidine groups is 1. The lowest BCUT2D eigenvalue weighted by Gasteiger charge is -2.27. The molecule has 0 spiro atoms. The highest BCUT2D eigenvalue weighted by molar-refractivity contribution is 6.40. The fraction of sp³-hybridized carbons (Fsp3) is 0.690. The van der Waals surface area contributed by atoms with Gasteiger partial charge in [-0.2, -0.15) is 0 Å². The van der Waals surface area contributed by atoms with E-state index in [0.717, 1.165) is 0 Å². The van der Waals surface area contributed by atoms with E-state index in [9.17, 15) is 53.4 Å². The van der Waals surface area contributed by atoms with Gasteiger partial charge in [0.2, 0.25) is 35.4 Å². The number of ether oxygens (including phenoxy) is 1. The molecule has 1 aliphatic rings. The van der Waals surface area contributed by atoms with Crippen molar-refractivity contribution in [2.75, 3.05) is 59.5 Å². The van der Waals surface area contributed by atoms with Gasteiger partial charge in [-0.15, -0.1) is 0 Å². The van der Waals surface area contributed by atoms with Crippen molar-refractivity contribution in [2.24, 2.45) is 39.4 Å². The molecule has 0 aliphatic carbocycles. The summed E-state index contributed by atoms with van der Waals surface area (Å²) in [5.74, 6) is -8.46. The summed E-state index contributed by atoms with van der Waals surface area (Å²) in [6.45, 7) is 1.08. The fourth-order valence-electron chi connectivity index (χ4n) is 6.82. The standard InChI is InChI=1S/C42H76N16O12/c1-24(52-39(66)33(31(59)22-46)57-35(62)25(47)10-3-5-16-43)34(61)51-23-32(60)53-28(12-7-18-45)40(67)58-20-9-14-30(58)38(65)55-27(15-21-70-2)37(64)54-26(11-4-6-17-44)36(63)56-29(41(68)69)13-8-19-50-42(48)49/h13,24-27,30-31,33,59H,3-12,14-23,43-47H2,1-2H3,(H,51,61)(H,52,66)(H,54,64)(H,55,65)(H,56,63)(H,57,62)(H,68,69)(H4,48,49,50)/b29-13-,53-28+/t24-,25-,26-,27-,30-,31-,33-/m0/s1. The number of nitrogens with zero attached hydrogens (tertiary/aromatic N) is 2. The molecule has 0 saturated carbocycles. The summed E-state index contributed by atoms with van der Waals surface area (Å²) in [7, 11) is 1.37. The Kier molecular flexibility index (Phi) is 30.2. The first kappa shape index (κ1) is 61.8. The molecule has 1 saturated heterocycles. The number of nitrogens with one attached hydrogen (secondary N) is 8. The first-order valence-corrected chi connectivity index (χ1v) is 23.2. The molecule has 8 amide bonds. The number of nitrogens with two attached hydrogens (primary N) is 6. The Hall–Kier alpha value is -6.17. The number of aliphatic hydroxyl groups is 1. The van der Waals surface area contributed by atoms with Crippen molar-refractivity contribution in [1.82, 2.24) is 42.1 Å². The molecule has 396 valence electrons. The van der Waals surface area contributed by atoms with Crippen LogP contribution in [0.4, 0.5) is 0 Å². The predicted octanol–water partition coefficient (Wildman–Crippen LogP) is -6.34. The first-order valence-electron chi connectivity index (χ1n) is 23.2.